The Morgan fingerprint density at radius 3 is 1.13 bits per heavy atom. The molecule has 0 aromatic heterocycles. The molecule has 2 unspecified atom stereocenters. The quantitative estimate of drug-likeness (QED) is 0.0211. The molecule has 9 heteroatoms. The van der Waals surface area contributed by atoms with E-state index in [0.717, 1.165) is 64.2 Å². The largest absolute Gasteiger partial charge is 0.477 e. The van der Waals surface area contributed by atoms with Gasteiger partial charge in [0.2, 0.25) is 0 Å². The first kappa shape index (κ1) is 72.2. The normalized spacial score (nSPS) is 13.0. The molecule has 0 radical (unpaired) electrons. The number of rotatable bonds is 59. The minimum atomic E-state index is -1.51. The van der Waals surface area contributed by atoms with Crippen LogP contribution in [0, 0.1) is 0 Å². The number of aliphatic carboxylic acids is 1. The van der Waals surface area contributed by atoms with Crippen molar-refractivity contribution in [3.8, 4) is 0 Å². The van der Waals surface area contributed by atoms with Crippen LogP contribution in [0.4, 0.5) is 0 Å². The second kappa shape index (κ2) is 57.4. The molecule has 0 aliphatic carbocycles. The summed E-state index contributed by atoms with van der Waals surface area (Å²) in [6, 6.07) is 0. The van der Waals surface area contributed by atoms with Crippen molar-refractivity contribution in [3.05, 3.63) is 48.6 Å². The van der Waals surface area contributed by atoms with Crippen molar-refractivity contribution in [2.24, 2.45) is 0 Å². The molecule has 9 nitrogen and oxygen atoms in total. The summed E-state index contributed by atoms with van der Waals surface area (Å²) >= 11 is 0. The molecule has 0 saturated carbocycles. The van der Waals surface area contributed by atoms with Gasteiger partial charge in [0.05, 0.1) is 34.4 Å². The molecule has 0 spiro atoms. The van der Waals surface area contributed by atoms with Gasteiger partial charge in [-0.25, -0.2) is 4.79 Å². The Labute approximate surface area is 463 Å². The van der Waals surface area contributed by atoms with Crippen molar-refractivity contribution in [2.75, 3.05) is 47.5 Å². The summed E-state index contributed by atoms with van der Waals surface area (Å²) in [5, 5.41) is 9.71. The lowest BCUT2D eigenvalue weighted by atomic mass is 10.0. The molecule has 0 aromatic carbocycles. The molecular weight excluding hydrogens is 935 g/mol. The van der Waals surface area contributed by atoms with Crippen LogP contribution in [0.1, 0.15) is 296 Å². The summed E-state index contributed by atoms with van der Waals surface area (Å²) in [6.07, 6.45) is 69.2. The lowest BCUT2D eigenvalue weighted by Crippen LogP contribution is -2.40. The Balaban J connectivity index is 4.07. The first-order valence-corrected chi connectivity index (χ1v) is 31.8. The number of esters is 2. The standard InChI is InChI=1S/C66H121NO8/c1-6-8-10-12-14-16-18-20-22-24-25-26-27-28-29-30-31-32-33-34-35-36-37-38-39-41-43-45-47-49-51-53-55-57-64(69)75-62(61-74-66(65(70)71)72-59-58-67(3,4)5)60-73-63(68)56-54-52-50-48-46-44-42-40-23-21-19-17-15-13-11-9-7-2/h8,10,14,16,20,22,25-26,62,66H,6-7,9,11-13,15,17-19,21,23-24,27-61H2,1-5H3/p+1/b10-8-,16-14-,22-20-,26-25-. The van der Waals surface area contributed by atoms with Gasteiger partial charge in [0.15, 0.2) is 6.10 Å². The lowest BCUT2D eigenvalue weighted by molar-refractivity contribution is -0.870. The molecule has 1 N–H and O–H groups in total. The van der Waals surface area contributed by atoms with Gasteiger partial charge in [0, 0.05) is 12.8 Å². The van der Waals surface area contributed by atoms with Gasteiger partial charge >= 0.3 is 17.9 Å². The van der Waals surface area contributed by atoms with Crippen LogP contribution in [-0.4, -0.2) is 87.4 Å². The minimum absolute atomic E-state index is 0.176. The maximum absolute atomic E-state index is 12.9. The number of carboxylic acids is 1. The zero-order valence-corrected chi connectivity index (χ0v) is 50.0. The third kappa shape index (κ3) is 58.8. The number of quaternary nitrogens is 1. The van der Waals surface area contributed by atoms with Crippen LogP contribution in [0.3, 0.4) is 0 Å². The average Bonchev–Trinajstić information content (AvgIpc) is 3.38. The zero-order valence-electron chi connectivity index (χ0n) is 50.0. The van der Waals surface area contributed by atoms with Crippen LogP contribution in [0.15, 0.2) is 48.6 Å². The third-order valence-corrected chi connectivity index (χ3v) is 14.1. The van der Waals surface area contributed by atoms with E-state index in [0.29, 0.717) is 17.4 Å². The average molecular weight is 1060 g/mol. The summed E-state index contributed by atoms with van der Waals surface area (Å²) in [6.45, 7) is 4.81. The van der Waals surface area contributed by atoms with Crippen molar-refractivity contribution in [3.63, 3.8) is 0 Å². The van der Waals surface area contributed by atoms with Crippen molar-refractivity contribution < 1.29 is 42.9 Å². The van der Waals surface area contributed by atoms with Crippen LogP contribution >= 0.6 is 0 Å². The third-order valence-electron chi connectivity index (χ3n) is 14.1. The molecule has 438 valence electrons. The Hall–Kier alpha value is -2.75. The molecule has 0 aliphatic heterocycles. The van der Waals surface area contributed by atoms with E-state index in [1.54, 1.807) is 0 Å². The van der Waals surface area contributed by atoms with Gasteiger partial charge in [0.25, 0.3) is 6.29 Å². The number of hydrogen-bond donors (Lipinski definition) is 1. The van der Waals surface area contributed by atoms with E-state index in [9.17, 15) is 19.5 Å². The van der Waals surface area contributed by atoms with E-state index in [1.807, 2.05) is 21.1 Å². The van der Waals surface area contributed by atoms with Gasteiger partial charge in [-0.2, -0.15) is 0 Å². The van der Waals surface area contributed by atoms with E-state index in [-0.39, 0.29) is 38.2 Å². The monoisotopic (exact) mass is 1060 g/mol. The van der Waals surface area contributed by atoms with Crippen LogP contribution in [-0.2, 0) is 33.3 Å². The van der Waals surface area contributed by atoms with Crippen LogP contribution in [0.2, 0.25) is 0 Å². The number of carboxylic acid groups (broad SMARTS) is 1. The Kier molecular flexibility index (Phi) is 55.3. The molecule has 0 amide bonds. The fourth-order valence-electron chi connectivity index (χ4n) is 9.24. The SMILES string of the molecule is CC/C=C\C/C=C\C/C=C\C/C=C\CCCCCCCCCCCCCCCCCCCCCCC(=O)OC(COC(=O)CCCCCCCCCCCCCCCCCCC)COC(OCC[N+](C)(C)C)C(=O)O. The van der Waals surface area contributed by atoms with E-state index >= 15 is 0 Å². The molecule has 0 aromatic rings. The summed E-state index contributed by atoms with van der Waals surface area (Å²) in [4.78, 5) is 37.5. The fourth-order valence-corrected chi connectivity index (χ4v) is 9.24. The maximum atomic E-state index is 12.9. The number of likely N-dealkylation sites (N-methyl/N-ethyl adjacent to an activating group) is 1. The number of allylic oxidation sites excluding steroid dienone is 8. The van der Waals surface area contributed by atoms with Crippen LogP contribution in [0.5, 0.6) is 0 Å². The van der Waals surface area contributed by atoms with Crippen molar-refractivity contribution in [1.82, 2.24) is 0 Å². The molecule has 0 rings (SSSR count). The molecule has 2 atom stereocenters. The predicted molar refractivity (Wildman–Crippen MR) is 318 cm³/mol. The number of carbonyl (C=O) groups excluding carboxylic acids is 2. The number of nitrogens with zero attached hydrogens (tertiary/aromatic N) is 1. The first-order valence-electron chi connectivity index (χ1n) is 31.8. The topological polar surface area (TPSA) is 108 Å². The molecule has 0 heterocycles. The minimum Gasteiger partial charge on any atom is -0.477 e. The van der Waals surface area contributed by atoms with Crippen molar-refractivity contribution in [2.45, 2.75) is 309 Å². The predicted octanol–water partition coefficient (Wildman–Crippen LogP) is 19.0. The molecule has 0 bridgehead atoms. The van der Waals surface area contributed by atoms with Gasteiger partial charge in [-0.15, -0.1) is 0 Å². The number of carbonyl (C=O) groups is 3. The second-order valence-corrected chi connectivity index (χ2v) is 22.7. The second-order valence-electron chi connectivity index (χ2n) is 22.7. The van der Waals surface area contributed by atoms with Crippen molar-refractivity contribution >= 4 is 17.9 Å². The van der Waals surface area contributed by atoms with Gasteiger partial charge in [-0.1, -0.05) is 281 Å². The van der Waals surface area contributed by atoms with Gasteiger partial charge in [-0.3, -0.25) is 9.59 Å². The zero-order chi connectivity index (χ0) is 54.8. The Morgan fingerprint density at radius 2 is 0.760 bits per heavy atom. The fraction of sp³-hybridized carbons (Fsp3) is 0.833. The molecule has 0 saturated heterocycles. The summed E-state index contributed by atoms with van der Waals surface area (Å²) in [7, 11) is 5.98. The summed E-state index contributed by atoms with van der Waals surface area (Å²) in [5.41, 5.74) is 0. The highest BCUT2D eigenvalue weighted by Gasteiger charge is 2.25. The lowest BCUT2D eigenvalue weighted by Gasteiger charge is -2.25. The van der Waals surface area contributed by atoms with E-state index < -0.39 is 18.4 Å². The maximum Gasteiger partial charge on any atom is 0.361 e. The van der Waals surface area contributed by atoms with E-state index in [4.69, 9.17) is 18.9 Å². The first-order chi connectivity index (χ1) is 36.6. The van der Waals surface area contributed by atoms with Crippen LogP contribution < -0.4 is 0 Å². The van der Waals surface area contributed by atoms with Crippen molar-refractivity contribution in [1.29, 1.82) is 0 Å². The highest BCUT2D eigenvalue weighted by molar-refractivity contribution is 5.71. The summed E-state index contributed by atoms with van der Waals surface area (Å²) < 4.78 is 22.9. The number of unbranched alkanes of at least 4 members (excludes halogenated alkanes) is 36. The molecular formula is C66H122NO8+. The van der Waals surface area contributed by atoms with Gasteiger partial charge < -0.3 is 28.5 Å². The van der Waals surface area contributed by atoms with E-state index in [2.05, 4.69) is 62.5 Å². The van der Waals surface area contributed by atoms with E-state index in [1.165, 1.54) is 205 Å². The highest BCUT2D eigenvalue weighted by Crippen LogP contribution is 2.18. The number of hydrogen-bond acceptors (Lipinski definition) is 7. The summed E-state index contributed by atoms with van der Waals surface area (Å²) in [5.74, 6) is -1.98. The highest BCUT2D eigenvalue weighted by atomic mass is 16.7. The Morgan fingerprint density at radius 1 is 0.413 bits per heavy atom. The molecule has 0 aliphatic rings. The molecule has 0 fully saturated rings. The Bertz CT molecular complexity index is 1370. The van der Waals surface area contributed by atoms with Crippen LogP contribution in [0.25, 0.3) is 0 Å². The smallest absolute Gasteiger partial charge is 0.361 e. The van der Waals surface area contributed by atoms with Gasteiger partial charge in [0.1, 0.15) is 13.2 Å². The van der Waals surface area contributed by atoms with Gasteiger partial charge in [-0.05, 0) is 51.4 Å². The molecule has 75 heavy (non-hydrogen) atoms. The number of ether oxygens (including phenoxy) is 4.